The summed E-state index contributed by atoms with van der Waals surface area (Å²) in [7, 11) is 0. The van der Waals surface area contributed by atoms with Gasteiger partial charge in [-0.05, 0) is 43.5 Å². The number of aromatic nitrogens is 2. The molecule has 0 spiro atoms. The van der Waals surface area contributed by atoms with Crippen molar-refractivity contribution in [3.05, 3.63) is 70.1 Å². The highest BCUT2D eigenvalue weighted by Crippen LogP contribution is 2.25. The molecule has 31 heavy (non-hydrogen) atoms. The lowest BCUT2D eigenvalue weighted by atomic mass is 10.00. The van der Waals surface area contributed by atoms with E-state index in [2.05, 4.69) is 29.2 Å². The van der Waals surface area contributed by atoms with E-state index >= 15 is 0 Å². The molecule has 2 aromatic heterocycles. The molecule has 0 aliphatic carbocycles. The van der Waals surface area contributed by atoms with Gasteiger partial charge in [0.1, 0.15) is 5.65 Å². The van der Waals surface area contributed by atoms with Gasteiger partial charge in [-0.2, -0.15) is 0 Å². The molecule has 2 aliphatic heterocycles. The molecule has 2 aliphatic rings. The molecule has 162 valence electrons. The van der Waals surface area contributed by atoms with Crippen molar-refractivity contribution in [1.29, 1.82) is 0 Å². The Morgan fingerprint density at radius 3 is 2.65 bits per heavy atom. The van der Waals surface area contributed by atoms with Gasteiger partial charge in [0.25, 0.3) is 5.91 Å². The van der Waals surface area contributed by atoms with Crippen LogP contribution in [0, 0.1) is 0 Å². The van der Waals surface area contributed by atoms with Gasteiger partial charge in [-0.1, -0.05) is 35.9 Å². The van der Waals surface area contributed by atoms with Crippen LogP contribution in [0.3, 0.4) is 0 Å². The molecule has 0 radical (unpaired) electrons. The minimum atomic E-state index is -0.0331. The zero-order chi connectivity index (χ0) is 21.5. The first-order valence-electron chi connectivity index (χ1n) is 10.9. The molecular formula is C24H27ClN4O2. The van der Waals surface area contributed by atoms with E-state index in [4.69, 9.17) is 21.3 Å². The fourth-order valence-electron chi connectivity index (χ4n) is 4.78. The summed E-state index contributed by atoms with van der Waals surface area (Å²) in [6.45, 7) is 7.62. The number of fused-ring (bicyclic) bond motifs is 2. The van der Waals surface area contributed by atoms with Crippen LogP contribution in [-0.4, -0.2) is 56.9 Å². The number of benzene rings is 1. The van der Waals surface area contributed by atoms with Crippen LogP contribution in [0.2, 0.25) is 5.02 Å². The van der Waals surface area contributed by atoms with E-state index in [0.717, 1.165) is 30.9 Å². The third-order valence-electron chi connectivity index (χ3n) is 6.17. The van der Waals surface area contributed by atoms with Gasteiger partial charge < -0.3 is 14.0 Å². The second-order valence-corrected chi connectivity index (χ2v) is 9.12. The largest absolute Gasteiger partial charge is 0.372 e. The SMILES string of the molecule is C[C@@H]1CN(C(=O)c2nc3ccc(Cl)cn3c2CN2CCc3ccccc3C2)C[C@H](C)O1. The minimum absolute atomic E-state index is 0.0150. The first kappa shape index (κ1) is 20.5. The molecule has 7 heteroatoms. The topological polar surface area (TPSA) is 50.1 Å². The number of carbonyl (C=O) groups is 1. The maximum absolute atomic E-state index is 13.5. The number of halogens is 1. The van der Waals surface area contributed by atoms with E-state index < -0.39 is 0 Å². The third kappa shape index (κ3) is 4.07. The summed E-state index contributed by atoms with van der Waals surface area (Å²) in [5.74, 6) is -0.0331. The predicted molar refractivity (Wildman–Crippen MR) is 120 cm³/mol. The molecule has 1 amide bonds. The Morgan fingerprint density at radius 2 is 1.87 bits per heavy atom. The number of hydrogen-bond acceptors (Lipinski definition) is 4. The zero-order valence-corrected chi connectivity index (χ0v) is 18.7. The number of rotatable bonds is 3. The summed E-state index contributed by atoms with van der Waals surface area (Å²) in [5.41, 5.74) is 4.92. The quantitative estimate of drug-likeness (QED) is 0.624. The monoisotopic (exact) mass is 438 g/mol. The highest BCUT2D eigenvalue weighted by molar-refractivity contribution is 6.30. The number of pyridine rings is 1. The van der Waals surface area contributed by atoms with Crippen LogP contribution in [0.1, 0.15) is 41.2 Å². The van der Waals surface area contributed by atoms with Gasteiger partial charge in [-0.3, -0.25) is 9.69 Å². The van der Waals surface area contributed by atoms with Gasteiger partial charge in [0.05, 0.1) is 22.9 Å². The highest BCUT2D eigenvalue weighted by Gasteiger charge is 2.31. The van der Waals surface area contributed by atoms with Crippen molar-refractivity contribution < 1.29 is 9.53 Å². The van der Waals surface area contributed by atoms with Crippen molar-refractivity contribution >= 4 is 23.2 Å². The Labute approximate surface area is 187 Å². The van der Waals surface area contributed by atoms with Gasteiger partial charge in [0.2, 0.25) is 0 Å². The van der Waals surface area contributed by atoms with Gasteiger partial charge >= 0.3 is 0 Å². The van der Waals surface area contributed by atoms with Crippen LogP contribution >= 0.6 is 11.6 Å². The van der Waals surface area contributed by atoms with E-state index in [1.54, 1.807) is 0 Å². The Kier molecular flexibility index (Phi) is 5.46. The van der Waals surface area contributed by atoms with Crippen molar-refractivity contribution in [2.24, 2.45) is 0 Å². The molecule has 0 bridgehead atoms. The van der Waals surface area contributed by atoms with Crippen LogP contribution in [0.25, 0.3) is 5.65 Å². The predicted octanol–water partition coefficient (Wildman–Crippen LogP) is 3.80. The standard InChI is InChI=1S/C24H27ClN4O2/c1-16-11-28(12-17(2)31-16)24(30)23-21(29-14-20(25)7-8-22(29)26-23)15-27-10-9-18-5-3-4-6-19(18)13-27/h3-8,14,16-17H,9-13,15H2,1-2H3/t16-,17+. The van der Waals surface area contributed by atoms with E-state index in [1.165, 1.54) is 11.1 Å². The molecule has 1 saturated heterocycles. The molecule has 0 unspecified atom stereocenters. The van der Waals surface area contributed by atoms with Crippen molar-refractivity contribution in [3.63, 3.8) is 0 Å². The summed E-state index contributed by atoms with van der Waals surface area (Å²) in [6, 6.07) is 12.3. The molecule has 5 rings (SSSR count). The molecule has 4 heterocycles. The Bertz CT molecular complexity index is 1120. The summed E-state index contributed by atoms with van der Waals surface area (Å²) in [5, 5.41) is 0.628. The second-order valence-electron chi connectivity index (χ2n) is 8.68. The summed E-state index contributed by atoms with van der Waals surface area (Å²) in [6.07, 6.45) is 2.90. The smallest absolute Gasteiger partial charge is 0.274 e. The Hall–Kier alpha value is -2.41. The molecule has 6 nitrogen and oxygen atoms in total. The third-order valence-corrected chi connectivity index (χ3v) is 6.40. The first-order chi connectivity index (χ1) is 15.0. The Morgan fingerprint density at radius 1 is 1.13 bits per heavy atom. The number of carbonyl (C=O) groups excluding carboxylic acids is 1. The average molecular weight is 439 g/mol. The van der Waals surface area contributed by atoms with Crippen LogP contribution in [0.5, 0.6) is 0 Å². The van der Waals surface area contributed by atoms with Gasteiger partial charge in [-0.15, -0.1) is 0 Å². The second kappa shape index (κ2) is 8.26. The molecule has 3 aromatic rings. The summed E-state index contributed by atoms with van der Waals surface area (Å²) >= 11 is 6.30. The number of imidazole rings is 1. The van der Waals surface area contributed by atoms with Gasteiger partial charge in [0.15, 0.2) is 5.69 Å². The van der Waals surface area contributed by atoms with Crippen molar-refractivity contribution in [3.8, 4) is 0 Å². The maximum atomic E-state index is 13.5. The molecule has 1 fully saturated rings. The van der Waals surface area contributed by atoms with E-state index in [9.17, 15) is 4.79 Å². The highest BCUT2D eigenvalue weighted by atomic mass is 35.5. The normalized spacial score (nSPS) is 22.0. The van der Waals surface area contributed by atoms with Crippen LogP contribution in [-0.2, 0) is 24.2 Å². The van der Waals surface area contributed by atoms with E-state index in [1.807, 2.05) is 41.5 Å². The Balaban J connectivity index is 1.49. The molecular weight excluding hydrogens is 412 g/mol. The molecule has 2 atom stereocenters. The van der Waals surface area contributed by atoms with Crippen LogP contribution in [0.15, 0.2) is 42.6 Å². The average Bonchev–Trinajstić information content (AvgIpc) is 3.10. The molecule has 0 N–H and O–H groups in total. The van der Waals surface area contributed by atoms with E-state index in [0.29, 0.717) is 30.4 Å². The van der Waals surface area contributed by atoms with Gasteiger partial charge in [-0.25, -0.2) is 4.98 Å². The van der Waals surface area contributed by atoms with Crippen molar-refractivity contribution in [2.45, 2.75) is 45.6 Å². The van der Waals surface area contributed by atoms with Crippen molar-refractivity contribution in [2.75, 3.05) is 19.6 Å². The fourth-order valence-corrected chi connectivity index (χ4v) is 4.94. The van der Waals surface area contributed by atoms with Crippen LogP contribution in [0.4, 0.5) is 0 Å². The lowest BCUT2D eigenvalue weighted by Gasteiger charge is -2.35. The number of ether oxygens (including phenoxy) is 1. The molecule has 1 aromatic carbocycles. The number of nitrogens with zero attached hydrogens (tertiary/aromatic N) is 4. The van der Waals surface area contributed by atoms with Crippen LogP contribution < -0.4 is 0 Å². The summed E-state index contributed by atoms with van der Waals surface area (Å²) in [4.78, 5) is 22.5. The number of hydrogen-bond donors (Lipinski definition) is 0. The maximum Gasteiger partial charge on any atom is 0.274 e. The fraction of sp³-hybridized carbons (Fsp3) is 0.417. The minimum Gasteiger partial charge on any atom is -0.372 e. The summed E-state index contributed by atoms with van der Waals surface area (Å²) < 4.78 is 7.79. The molecule has 0 saturated carbocycles. The van der Waals surface area contributed by atoms with Gasteiger partial charge in [0, 0.05) is 38.9 Å². The van der Waals surface area contributed by atoms with E-state index in [-0.39, 0.29) is 18.1 Å². The zero-order valence-electron chi connectivity index (χ0n) is 17.9. The first-order valence-corrected chi connectivity index (χ1v) is 11.3. The number of amides is 1. The number of morpholine rings is 1. The van der Waals surface area contributed by atoms with Crippen molar-refractivity contribution in [1.82, 2.24) is 19.2 Å². The lowest BCUT2D eigenvalue weighted by molar-refractivity contribution is -0.0587. The lowest BCUT2D eigenvalue weighted by Crippen LogP contribution is -2.48.